The minimum atomic E-state index is -0.137. The van der Waals surface area contributed by atoms with E-state index in [2.05, 4.69) is 4.90 Å². The van der Waals surface area contributed by atoms with Crippen LogP contribution in [0.2, 0.25) is 0 Å². The van der Waals surface area contributed by atoms with Crippen molar-refractivity contribution in [3.8, 4) is 17.2 Å². The van der Waals surface area contributed by atoms with Gasteiger partial charge in [0.15, 0.2) is 5.76 Å². The van der Waals surface area contributed by atoms with E-state index in [9.17, 15) is 4.79 Å². The minimum absolute atomic E-state index is 0.137. The maximum absolute atomic E-state index is 13.0. The van der Waals surface area contributed by atoms with Crippen LogP contribution in [0.4, 0.5) is 0 Å². The Morgan fingerprint density at radius 2 is 2.03 bits per heavy atom. The summed E-state index contributed by atoms with van der Waals surface area (Å²) in [5.41, 5.74) is 2.23. The number of nitrogens with zero attached hydrogens (tertiary/aromatic N) is 1. The Bertz CT molecular complexity index is 1120. The Morgan fingerprint density at radius 1 is 1.13 bits per heavy atom. The summed E-state index contributed by atoms with van der Waals surface area (Å²) in [4.78, 5) is 15.1. The van der Waals surface area contributed by atoms with Crippen LogP contribution in [0.1, 0.15) is 34.2 Å². The fourth-order valence-corrected chi connectivity index (χ4v) is 3.76. The van der Waals surface area contributed by atoms with E-state index >= 15 is 0 Å². The summed E-state index contributed by atoms with van der Waals surface area (Å²) in [7, 11) is 0. The second-order valence-corrected chi connectivity index (χ2v) is 7.17. The average Bonchev–Trinajstić information content (AvgIpc) is 3.38. The number of Topliss-reactive ketones (excluding diaryl/α,β-unsaturated/α-hetero) is 1. The van der Waals surface area contributed by atoms with E-state index in [1.54, 1.807) is 18.4 Å². The van der Waals surface area contributed by atoms with Gasteiger partial charge in [0.25, 0.3) is 0 Å². The Labute approximate surface area is 174 Å². The van der Waals surface area contributed by atoms with Crippen LogP contribution in [0, 0.1) is 0 Å². The molecule has 5 rings (SSSR count). The van der Waals surface area contributed by atoms with E-state index in [1.807, 2.05) is 49.4 Å². The summed E-state index contributed by atoms with van der Waals surface area (Å²) in [6, 6.07) is 15.0. The number of benzene rings is 2. The molecule has 30 heavy (non-hydrogen) atoms. The number of hydrogen-bond donors (Lipinski definition) is 0. The summed E-state index contributed by atoms with van der Waals surface area (Å²) in [5.74, 6) is 3.04. The molecule has 2 aliphatic rings. The number of hydrogen-bond acceptors (Lipinski definition) is 6. The number of carbonyl (C=O) groups is 1. The zero-order chi connectivity index (χ0) is 20.5. The summed E-state index contributed by atoms with van der Waals surface area (Å²) >= 11 is 0. The van der Waals surface area contributed by atoms with Crippen LogP contribution in [0.15, 0.2) is 65.0 Å². The van der Waals surface area contributed by atoms with Gasteiger partial charge in [-0.25, -0.2) is 0 Å². The largest absolute Gasteiger partial charge is 0.493 e. The van der Waals surface area contributed by atoms with Crippen molar-refractivity contribution in [2.75, 3.05) is 13.3 Å². The molecule has 2 aromatic carbocycles. The fourth-order valence-electron chi connectivity index (χ4n) is 3.76. The molecule has 0 radical (unpaired) electrons. The van der Waals surface area contributed by atoms with E-state index in [0.29, 0.717) is 37.7 Å². The van der Waals surface area contributed by atoms with E-state index in [0.717, 1.165) is 28.4 Å². The third kappa shape index (κ3) is 3.35. The Hall–Kier alpha value is -3.51. The highest BCUT2D eigenvalue weighted by Crippen LogP contribution is 2.42. The third-order valence-corrected chi connectivity index (χ3v) is 5.15. The van der Waals surface area contributed by atoms with Crippen LogP contribution in [-0.2, 0) is 13.1 Å². The van der Waals surface area contributed by atoms with Crippen molar-refractivity contribution in [1.82, 2.24) is 4.90 Å². The lowest BCUT2D eigenvalue weighted by atomic mass is 10.0. The van der Waals surface area contributed by atoms with Crippen LogP contribution in [-0.4, -0.2) is 24.0 Å². The molecule has 6 heteroatoms. The number of ether oxygens (including phenoxy) is 3. The highest BCUT2D eigenvalue weighted by molar-refractivity contribution is 6.15. The zero-order valence-electron chi connectivity index (χ0n) is 16.6. The zero-order valence-corrected chi connectivity index (χ0v) is 16.6. The van der Waals surface area contributed by atoms with E-state index < -0.39 is 0 Å². The molecule has 0 saturated carbocycles. The third-order valence-electron chi connectivity index (χ3n) is 5.15. The van der Waals surface area contributed by atoms with Gasteiger partial charge in [0, 0.05) is 12.1 Å². The molecular weight excluding hydrogens is 382 g/mol. The van der Waals surface area contributed by atoms with Crippen LogP contribution in [0.25, 0.3) is 6.08 Å². The molecule has 3 heterocycles. The quantitative estimate of drug-likeness (QED) is 0.578. The smallest absolute Gasteiger partial charge is 0.231 e. The van der Waals surface area contributed by atoms with Crippen molar-refractivity contribution in [2.24, 2.45) is 0 Å². The molecule has 0 atom stereocenters. The lowest BCUT2D eigenvalue weighted by Crippen LogP contribution is -2.31. The Morgan fingerprint density at radius 3 is 2.87 bits per heavy atom. The number of fused-ring (bicyclic) bond motifs is 3. The van der Waals surface area contributed by atoms with Crippen LogP contribution < -0.4 is 14.2 Å². The van der Waals surface area contributed by atoms with Crippen molar-refractivity contribution in [2.45, 2.75) is 20.0 Å². The van der Waals surface area contributed by atoms with Crippen LogP contribution in [0.5, 0.6) is 17.2 Å². The number of ketones is 1. The maximum atomic E-state index is 13.0. The molecular formula is C24H21NO5. The Kier molecular flexibility index (Phi) is 4.77. The SMILES string of the molecule is CCOc1ccccc1/C=C1\Oc2c(ccc3c2CN(Cc2ccco2)CO3)C1=O. The number of carbonyl (C=O) groups excluding carboxylic acids is 1. The Balaban J connectivity index is 1.45. The molecule has 0 amide bonds. The minimum Gasteiger partial charge on any atom is -0.493 e. The summed E-state index contributed by atoms with van der Waals surface area (Å²) in [6.45, 7) is 4.15. The second kappa shape index (κ2) is 7.72. The molecule has 6 nitrogen and oxygen atoms in total. The topological polar surface area (TPSA) is 61.1 Å². The highest BCUT2D eigenvalue weighted by Gasteiger charge is 2.33. The molecule has 0 saturated heterocycles. The van der Waals surface area contributed by atoms with Gasteiger partial charge in [0.1, 0.15) is 29.7 Å². The van der Waals surface area contributed by atoms with Crippen molar-refractivity contribution < 1.29 is 23.4 Å². The van der Waals surface area contributed by atoms with Crippen molar-refractivity contribution in [1.29, 1.82) is 0 Å². The lowest BCUT2D eigenvalue weighted by molar-refractivity contribution is 0.0810. The molecule has 0 bridgehead atoms. The monoisotopic (exact) mass is 403 g/mol. The number of furan rings is 1. The predicted molar refractivity (Wildman–Crippen MR) is 110 cm³/mol. The van der Waals surface area contributed by atoms with Crippen molar-refractivity contribution in [3.05, 3.63) is 83.0 Å². The molecule has 1 aromatic heterocycles. The first kappa shape index (κ1) is 18.5. The lowest BCUT2D eigenvalue weighted by Gasteiger charge is -2.29. The second-order valence-electron chi connectivity index (χ2n) is 7.17. The molecule has 0 aliphatic carbocycles. The summed E-state index contributed by atoms with van der Waals surface area (Å²) in [5, 5.41) is 0. The van der Waals surface area contributed by atoms with E-state index in [1.165, 1.54) is 0 Å². The summed E-state index contributed by atoms with van der Waals surface area (Å²) in [6.07, 6.45) is 3.40. The number of para-hydroxylation sites is 1. The van der Waals surface area contributed by atoms with Gasteiger partial charge in [0.2, 0.25) is 5.78 Å². The van der Waals surface area contributed by atoms with Gasteiger partial charge < -0.3 is 18.6 Å². The van der Waals surface area contributed by atoms with Crippen molar-refractivity contribution in [3.63, 3.8) is 0 Å². The fraction of sp³-hybridized carbons (Fsp3) is 0.208. The normalized spacial score (nSPS) is 16.7. The van der Waals surface area contributed by atoms with Crippen molar-refractivity contribution >= 4 is 11.9 Å². The van der Waals surface area contributed by atoms with E-state index in [-0.39, 0.29) is 11.5 Å². The van der Waals surface area contributed by atoms with Gasteiger partial charge in [-0.2, -0.15) is 0 Å². The maximum Gasteiger partial charge on any atom is 0.231 e. The molecule has 0 spiro atoms. The molecule has 0 N–H and O–H groups in total. The van der Waals surface area contributed by atoms with Gasteiger partial charge >= 0.3 is 0 Å². The summed E-state index contributed by atoms with van der Waals surface area (Å²) < 4.78 is 23.1. The molecule has 0 unspecified atom stereocenters. The first-order valence-corrected chi connectivity index (χ1v) is 9.92. The van der Waals surface area contributed by atoms with Gasteiger partial charge in [-0.1, -0.05) is 18.2 Å². The predicted octanol–water partition coefficient (Wildman–Crippen LogP) is 4.65. The van der Waals surface area contributed by atoms with Gasteiger partial charge in [-0.15, -0.1) is 0 Å². The molecule has 152 valence electrons. The van der Waals surface area contributed by atoms with Gasteiger partial charge in [-0.05, 0) is 43.3 Å². The van der Waals surface area contributed by atoms with Gasteiger partial charge in [0.05, 0.1) is 30.5 Å². The molecule has 0 fully saturated rings. The van der Waals surface area contributed by atoms with E-state index in [4.69, 9.17) is 18.6 Å². The highest BCUT2D eigenvalue weighted by atomic mass is 16.5. The average molecular weight is 403 g/mol. The number of rotatable bonds is 5. The standard InChI is InChI=1S/C24H21NO5/c1-2-27-20-8-4-3-6-16(20)12-22-23(26)18-9-10-21-19(24(18)30-22)14-25(15-29-21)13-17-7-5-11-28-17/h3-12H,2,13-15H2,1H3/b22-12-. The first-order chi connectivity index (χ1) is 14.7. The molecule has 3 aromatic rings. The van der Waals surface area contributed by atoms with Crippen LogP contribution in [0.3, 0.4) is 0 Å². The van der Waals surface area contributed by atoms with Gasteiger partial charge in [-0.3, -0.25) is 9.69 Å². The van der Waals surface area contributed by atoms with Crippen LogP contribution >= 0.6 is 0 Å². The molecule has 2 aliphatic heterocycles. The first-order valence-electron chi connectivity index (χ1n) is 9.92. The number of allylic oxidation sites excluding steroid dienone is 1.